The maximum Gasteiger partial charge on any atom is 0.271 e. The van der Waals surface area contributed by atoms with Crippen molar-refractivity contribution in [3.63, 3.8) is 0 Å². The largest absolute Gasteiger partial charge is 0.279 e. The number of aromatic amines is 1. The molecule has 0 aliphatic heterocycles. The van der Waals surface area contributed by atoms with E-state index in [0.29, 0.717) is 16.3 Å². The second kappa shape index (κ2) is 7.12. The molecule has 0 saturated carbocycles. The molecule has 2 heterocycles. The molecule has 0 atom stereocenters. The molecule has 0 saturated heterocycles. The van der Waals surface area contributed by atoms with Crippen molar-refractivity contribution >= 4 is 59.6 Å². The highest BCUT2D eigenvalue weighted by atomic mass is 35.5. The zero-order chi connectivity index (χ0) is 20.9. The molecule has 150 valence electrons. The number of benzene rings is 3. The topological polar surface area (TPSA) is 74.8 Å². The van der Waals surface area contributed by atoms with Crippen molar-refractivity contribution in [2.24, 2.45) is 0 Å². The number of hydrogen-bond donors (Lipinski definition) is 2. The van der Waals surface area contributed by atoms with E-state index >= 15 is 0 Å². The number of sulfonamides is 1. The molecule has 0 aliphatic carbocycles. The molecule has 0 spiro atoms. The Labute approximate surface area is 182 Å². The van der Waals surface area contributed by atoms with Gasteiger partial charge in [-0.15, -0.1) is 11.3 Å². The predicted octanol–water partition coefficient (Wildman–Crippen LogP) is 6.21. The third kappa shape index (κ3) is 3.25. The van der Waals surface area contributed by atoms with Gasteiger partial charge in [-0.3, -0.25) is 9.82 Å². The van der Waals surface area contributed by atoms with Gasteiger partial charge in [0, 0.05) is 26.4 Å². The van der Waals surface area contributed by atoms with Gasteiger partial charge in [0.1, 0.15) is 4.21 Å². The normalized spacial score (nSPS) is 11.9. The van der Waals surface area contributed by atoms with Crippen molar-refractivity contribution in [3.05, 3.63) is 77.3 Å². The zero-order valence-corrected chi connectivity index (χ0v) is 18.2. The Morgan fingerprint density at radius 2 is 1.80 bits per heavy atom. The number of nitrogens with one attached hydrogen (secondary N) is 2. The van der Waals surface area contributed by atoms with Gasteiger partial charge in [0.2, 0.25) is 0 Å². The van der Waals surface area contributed by atoms with E-state index in [1.165, 1.54) is 11.3 Å². The summed E-state index contributed by atoms with van der Waals surface area (Å²) in [6.45, 7) is 1.80. The van der Waals surface area contributed by atoms with Gasteiger partial charge in [-0.1, -0.05) is 41.9 Å². The molecular weight excluding hydrogens is 438 g/mol. The number of rotatable bonds is 4. The molecule has 5 rings (SSSR count). The molecule has 30 heavy (non-hydrogen) atoms. The van der Waals surface area contributed by atoms with Crippen LogP contribution in [0.3, 0.4) is 0 Å². The first-order valence-electron chi connectivity index (χ1n) is 9.17. The Morgan fingerprint density at radius 1 is 1.00 bits per heavy atom. The minimum absolute atomic E-state index is 0.287. The van der Waals surface area contributed by atoms with Crippen LogP contribution in [0, 0.1) is 6.92 Å². The zero-order valence-electron chi connectivity index (χ0n) is 15.8. The lowest BCUT2D eigenvalue weighted by Gasteiger charge is -2.08. The molecule has 0 aliphatic rings. The SMILES string of the molecule is Cc1c(S(=O)(=O)Nc2ccc3[nH]nc(-c4ccccc4)c3c2)sc2ccc(Cl)cc12. The van der Waals surface area contributed by atoms with E-state index in [4.69, 9.17) is 11.6 Å². The quantitative estimate of drug-likeness (QED) is 0.340. The number of aromatic nitrogens is 2. The van der Waals surface area contributed by atoms with E-state index in [2.05, 4.69) is 14.9 Å². The second-order valence-corrected chi connectivity index (χ2v) is 10.3. The summed E-state index contributed by atoms with van der Waals surface area (Å²) >= 11 is 7.32. The highest BCUT2D eigenvalue weighted by molar-refractivity contribution is 7.94. The van der Waals surface area contributed by atoms with Crippen LogP contribution in [0.5, 0.6) is 0 Å². The van der Waals surface area contributed by atoms with E-state index in [9.17, 15) is 8.42 Å². The highest BCUT2D eigenvalue weighted by Crippen LogP contribution is 2.37. The average Bonchev–Trinajstić information content (AvgIpc) is 3.30. The van der Waals surface area contributed by atoms with Crippen molar-refractivity contribution in [2.45, 2.75) is 11.1 Å². The first-order chi connectivity index (χ1) is 14.4. The summed E-state index contributed by atoms with van der Waals surface area (Å²) in [5, 5.41) is 9.69. The van der Waals surface area contributed by atoms with Crippen LogP contribution in [0.15, 0.2) is 70.9 Å². The Kier molecular flexibility index (Phi) is 4.54. The van der Waals surface area contributed by atoms with Crippen molar-refractivity contribution in [1.82, 2.24) is 10.2 Å². The molecule has 0 fully saturated rings. The summed E-state index contributed by atoms with van der Waals surface area (Å²) in [6.07, 6.45) is 0. The molecule has 0 amide bonds. The van der Waals surface area contributed by atoms with Crippen molar-refractivity contribution in [3.8, 4) is 11.3 Å². The molecule has 0 unspecified atom stereocenters. The maximum atomic E-state index is 13.1. The van der Waals surface area contributed by atoms with Gasteiger partial charge >= 0.3 is 0 Å². The van der Waals surface area contributed by atoms with Crippen LogP contribution in [0.1, 0.15) is 5.56 Å². The van der Waals surface area contributed by atoms with Crippen LogP contribution in [-0.2, 0) is 10.0 Å². The van der Waals surface area contributed by atoms with E-state index in [1.54, 1.807) is 31.2 Å². The van der Waals surface area contributed by atoms with Gasteiger partial charge in [0.15, 0.2) is 0 Å². The lowest BCUT2D eigenvalue weighted by molar-refractivity contribution is 0.603. The fraction of sp³-hybridized carbons (Fsp3) is 0.0455. The van der Waals surface area contributed by atoms with Gasteiger partial charge in [-0.25, -0.2) is 8.42 Å². The Bertz CT molecular complexity index is 1510. The van der Waals surface area contributed by atoms with Crippen molar-refractivity contribution < 1.29 is 8.42 Å². The van der Waals surface area contributed by atoms with Gasteiger partial charge in [0.25, 0.3) is 10.0 Å². The van der Waals surface area contributed by atoms with E-state index in [-0.39, 0.29) is 4.21 Å². The van der Waals surface area contributed by atoms with Crippen molar-refractivity contribution in [1.29, 1.82) is 0 Å². The summed E-state index contributed by atoms with van der Waals surface area (Å²) in [4.78, 5) is 0. The lowest BCUT2D eigenvalue weighted by Crippen LogP contribution is -2.12. The highest BCUT2D eigenvalue weighted by Gasteiger charge is 2.22. The first-order valence-corrected chi connectivity index (χ1v) is 11.9. The van der Waals surface area contributed by atoms with Crippen LogP contribution in [0.2, 0.25) is 5.02 Å². The van der Waals surface area contributed by atoms with Gasteiger partial charge < -0.3 is 0 Å². The third-order valence-corrected chi connectivity index (χ3v) is 8.47. The van der Waals surface area contributed by atoms with E-state index in [1.807, 2.05) is 42.5 Å². The summed E-state index contributed by atoms with van der Waals surface area (Å²) in [6, 6.07) is 20.5. The fourth-order valence-electron chi connectivity index (χ4n) is 3.52. The molecule has 2 N–H and O–H groups in total. The van der Waals surface area contributed by atoms with E-state index < -0.39 is 10.0 Å². The molecule has 3 aromatic carbocycles. The first kappa shape index (κ1) is 19.1. The van der Waals surface area contributed by atoms with Crippen LogP contribution in [0.4, 0.5) is 5.69 Å². The summed E-state index contributed by atoms with van der Waals surface area (Å²) in [5.41, 5.74) is 3.75. The molecule has 2 aromatic heterocycles. The number of nitrogens with zero attached hydrogens (tertiary/aromatic N) is 1. The molecule has 5 nitrogen and oxygen atoms in total. The average molecular weight is 454 g/mol. The molecule has 5 aromatic rings. The minimum atomic E-state index is -3.75. The standard InChI is InChI=1S/C22H16ClN3O2S2/c1-13-17-11-15(23)7-10-20(17)29-22(13)30(27,28)26-16-8-9-19-18(12-16)21(25-24-19)14-5-3-2-4-6-14/h2-12,26H,1H3,(H,24,25). The maximum absolute atomic E-state index is 13.1. The lowest BCUT2D eigenvalue weighted by atomic mass is 10.1. The Balaban J connectivity index is 1.56. The summed E-state index contributed by atoms with van der Waals surface area (Å²) in [5.74, 6) is 0. The van der Waals surface area contributed by atoms with Gasteiger partial charge in [-0.05, 0) is 54.3 Å². The third-order valence-electron chi connectivity index (χ3n) is 4.96. The van der Waals surface area contributed by atoms with Gasteiger partial charge in [-0.2, -0.15) is 5.10 Å². The number of aryl methyl sites for hydroxylation is 1. The van der Waals surface area contributed by atoms with Gasteiger partial charge in [0.05, 0.1) is 11.2 Å². The minimum Gasteiger partial charge on any atom is -0.279 e. The molecule has 8 heteroatoms. The summed E-state index contributed by atoms with van der Waals surface area (Å²) < 4.78 is 30.2. The smallest absolute Gasteiger partial charge is 0.271 e. The van der Waals surface area contributed by atoms with E-state index in [0.717, 1.165) is 32.2 Å². The second-order valence-electron chi connectivity index (χ2n) is 6.96. The number of hydrogen-bond acceptors (Lipinski definition) is 4. The number of fused-ring (bicyclic) bond motifs is 2. The Hall–Kier alpha value is -2.87. The van der Waals surface area contributed by atoms with Crippen LogP contribution in [-0.4, -0.2) is 18.6 Å². The van der Waals surface area contributed by atoms with Crippen molar-refractivity contribution in [2.75, 3.05) is 4.72 Å². The molecule has 0 bridgehead atoms. The monoisotopic (exact) mass is 453 g/mol. The van der Waals surface area contributed by atoms with Crippen LogP contribution >= 0.6 is 22.9 Å². The van der Waals surface area contributed by atoms with Crippen LogP contribution < -0.4 is 4.72 Å². The molecular formula is C22H16ClN3O2S2. The van der Waals surface area contributed by atoms with Crippen LogP contribution in [0.25, 0.3) is 32.2 Å². The fourth-order valence-corrected chi connectivity index (χ4v) is 6.49. The molecule has 0 radical (unpaired) electrons. The summed E-state index contributed by atoms with van der Waals surface area (Å²) in [7, 11) is -3.75. The number of anilines is 1. The number of thiophene rings is 1. The number of halogens is 1. The number of H-pyrrole nitrogens is 1. The Morgan fingerprint density at radius 3 is 2.60 bits per heavy atom. The predicted molar refractivity (Wildman–Crippen MR) is 124 cm³/mol.